The van der Waals surface area contributed by atoms with E-state index in [0.29, 0.717) is 15.9 Å². The number of H-pyrrole nitrogens is 1. The molecule has 6 heteroatoms. The van der Waals surface area contributed by atoms with Crippen LogP contribution in [-0.4, -0.2) is 21.0 Å². The maximum Gasteiger partial charge on any atom is 0.271 e. The molecule has 0 aliphatic carbocycles. The van der Waals surface area contributed by atoms with Gasteiger partial charge in [-0.15, -0.1) is 0 Å². The van der Waals surface area contributed by atoms with Crippen molar-refractivity contribution in [3.05, 3.63) is 83.2 Å². The lowest BCUT2D eigenvalue weighted by molar-refractivity contribution is -0.113. The van der Waals surface area contributed by atoms with Gasteiger partial charge in [0.15, 0.2) is 11.0 Å². The second kappa shape index (κ2) is 7.01. The first-order chi connectivity index (χ1) is 12.7. The number of carbonyl (C=O) groups is 1. The number of aromatic nitrogens is 2. The van der Waals surface area contributed by atoms with Crippen LogP contribution in [0.4, 0.5) is 11.5 Å². The van der Waals surface area contributed by atoms with Crippen LogP contribution in [0.1, 0.15) is 11.4 Å². The third kappa shape index (κ3) is 3.32. The molecular formula is C20H16N4OS. The number of aryl methyl sites for hydroxylation is 1. The number of benzene rings is 1. The lowest BCUT2D eigenvalue weighted by Crippen LogP contribution is -2.28. The quantitative estimate of drug-likeness (QED) is 0.698. The standard InChI is InChI=1S/C20H16N4OS/c1-14-7-5-11-18(22-14)23-20-24(16-9-3-2-4-10-16)19(25)17(26-20)13-15-8-6-12-21-15/h2-13,21H,1H3/b17-13+,23-20+. The van der Waals surface area contributed by atoms with E-state index in [0.717, 1.165) is 17.1 Å². The maximum absolute atomic E-state index is 13.0. The van der Waals surface area contributed by atoms with Crippen LogP contribution in [0, 0.1) is 6.92 Å². The predicted molar refractivity (Wildman–Crippen MR) is 106 cm³/mol. The molecule has 0 spiro atoms. The van der Waals surface area contributed by atoms with Crippen molar-refractivity contribution in [3.8, 4) is 0 Å². The van der Waals surface area contributed by atoms with Crippen molar-refractivity contribution in [2.24, 2.45) is 4.99 Å². The molecule has 1 fully saturated rings. The van der Waals surface area contributed by atoms with Crippen LogP contribution in [-0.2, 0) is 4.79 Å². The van der Waals surface area contributed by atoms with E-state index >= 15 is 0 Å². The Labute approximate surface area is 155 Å². The van der Waals surface area contributed by atoms with Crippen LogP contribution >= 0.6 is 11.8 Å². The number of nitrogens with zero attached hydrogens (tertiary/aromatic N) is 3. The number of thioether (sulfide) groups is 1. The molecule has 5 nitrogen and oxygen atoms in total. The highest BCUT2D eigenvalue weighted by molar-refractivity contribution is 8.19. The number of hydrogen-bond acceptors (Lipinski definition) is 4. The number of hydrogen-bond donors (Lipinski definition) is 1. The summed E-state index contributed by atoms with van der Waals surface area (Å²) in [6, 6.07) is 19.0. The van der Waals surface area contributed by atoms with Crippen molar-refractivity contribution in [2.75, 3.05) is 4.90 Å². The van der Waals surface area contributed by atoms with E-state index in [2.05, 4.69) is 15.0 Å². The van der Waals surface area contributed by atoms with E-state index < -0.39 is 0 Å². The molecule has 1 amide bonds. The summed E-state index contributed by atoms with van der Waals surface area (Å²) in [5.74, 6) is 0.490. The van der Waals surface area contributed by atoms with Crippen LogP contribution in [0.25, 0.3) is 6.08 Å². The van der Waals surface area contributed by atoms with Crippen LogP contribution < -0.4 is 4.90 Å². The molecule has 26 heavy (non-hydrogen) atoms. The Morgan fingerprint density at radius 2 is 1.92 bits per heavy atom. The molecule has 1 aliphatic heterocycles. The van der Waals surface area contributed by atoms with Gasteiger partial charge in [0.2, 0.25) is 0 Å². The number of rotatable bonds is 3. The van der Waals surface area contributed by atoms with Gasteiger partial charge in [-0.05, 0) is 61.2 Å². The van der Waals surface area contributed by atoms with Crippen molar-refractivity contribution >= 4 is 40.4 Å². The minimum absolute atomic E-state index is 0.0952. The zero-order chi connectivity index (χ0) is 17.9. The molecule has 1 aliphatic rings. The number of aromatic amines is 1. The second-order valence-corrected chi connectivity index (χ2v) is 6.75. The smallest absolute Gasteiger partial charge is 0.271 e. The van der Waals surface area contributed by atoms with Crippen molar-refractivity contribution in [1.29, 1.82) is 0 Å². The average Bonchev–Trinajstić information content (AvgIpc) is 3.25. The second-order valence-electron chi connectivity index (χ2n) is 5.74. The third-order valence-corrected chi connectivity index (χ3v) is 4.78. The summed E-state index contributed by atoms with van der Waals surface area (Å²) >= 11 is 1.35. The van der Waals surface area contributed by atoms with Gasteiger partial charge in [-0.1, -0.05) is 24.3 Å². The fraction of sp³-hybridized carbons (Fsp3) is 0.0500. The Hall–Kier alpha value is -3.12. The number of nitrogens with one attached hydrogen (secondary N) is 1. The Morgan fingerprint density at radius 3 is 2.65 bits per heavy atom. The number of para-hydroxylation sites is 1. The molecule has 0 bridgehead atoms. The van der Waals surface area contributed by atoms with Gasteiger partial charge in [0, 0.05) is 17.6 Å². The monoisotopic (exact) mass is 360 g/mol. The zero-order valence-electron chi connectivity index (χ0n) is 14.1. The van der Waals surface area contributed by atoms with E-state index in [-0.39, 0.29) is 5.91 Å². The van der Waals surface area contributed by atoms with E-state index in [1.807, 2.05) is 79.9 Å². The Kier molecular flexibility index (Phi) is 4.41. The largest absolute Gasteiger partial charge is 0.362 e. The van der Waals surface area contributed by atoms with Crippen molar-refractivity contribution in [3.63, 3.8) is 0 Å². The topological polar surface area (TPSA) is 61.4 Å². The van der Waals surface area contributed by atoms with E-state index in [1.54, 1.807) is 4.90 Å². The number of pyridine rings is 1. The summed E-state index contributed by atoms with van der Waals surface area (Å²) in [5, 5.41) is 0.595. The van der Waals surface area contributed by atoms with Crippen LogP contribution in [0.2, 0.25) is 0 Å². The molecule has 0 unspecified atom stereocenters. The Morgan fingerprint density at radius 1 is 1.08 bits per heavy atom. The summed E-state index contributed by atoms with van der Waals surface area (Å²) < 4.78 is 0. The van der Waals surface area contributed by atoms with Gasteiger partial charge in [-0.25, -0.2) is 9.98 Å². The molecule has 3 heterocycles. The minimum atomic E-state index is -0.0952. The normalized spacial score (nSPS) is 17.4. The highest BCUT2D eigenvalue weighted by Crippen LogP contribution is 2.36. The van der Waals surface area contributed by atoms with Crippen molar-refractivity contribution in [1.82, 2.24) is 9.97 Å². The molecule has 4 rings (SSSR count). The van der Waals surface area contributed by atoms with Crippen molar-refractivity contribution < 1.29 is 4.79 Å². The molecule has 0 saturated carbocycles. The van der Waals surface area contributed by atoms with E-state index in [1.165, 1.54) is 11.8 Å². The zero-order valence-corrected chi connectivity index (χ0v) is 14.9. The molecule has 1 saturated heterocycles. The molecular weight excluding hydrogens is 344 g/mol. The SMILES string of the molecule is Cc1cccc(/N=C2/S/C(=C/c3ccc[nH]3)C(=O)N2c2ccccc2)n1. The summed E-state index contributed by atoms with van der Waals surface area (Å²) in [4.78, 5) is 27.4. The van der Waals surface area contributed by atoms with Gasteiger partial charge in [-0.3, -0.25) is 9.69 Å². The summed E-state index contributed by atoms with van der Waals surface area (Å²) in [6.45, 7) is 1.92. The van der Waals surface area contributed by atoms with Gasteiger partial charge in [-0.2, -0.15) is 0 Å². The third-order valence-electron chi connectivity index (χ3n) is 3.81. The number of carbonyl (C=O) groups excluding carboxylic acids is 1. The first-order valence-electron chi connectivity index (χ1n) is 8.15. The predicted octanol–water partition coefficient (Wildman–Crippen LogP) is 4.53. The fourth-order valence-corrected chi connectivity index (χ4v) is 3.60. The summed E-state index contributed by atoms with van der Waals surface area (Å²) in [7, 11) is 0. The lowest BCUT2D eigenvalue weighted by Gasteiger charge is -2.15. The van der Waals surface area contributed by atoms with Gasteiger partial charge in [0.25, 0.3) is 5.91 Å². The average molecular weight is 360 g/mol. The molecule has 0 atom stereocenters. The fourth-order valence-electron chi connectivity index (χ4n) is 2.62. The Balaban J connectivity index is 1.78. The first kappa shape index (κ1) is 16.4. The number of anilines is 1. The van der Waals surface area contributed by atoms with Crippen molar-refractivity contribution in [2.45, 2.75) is 6.92 Å². The molecule has 0 radical (unpaired) electrons. The van der Waals surface area contributed by atoms with Gasteiger partial charge in [0.05, 0.1) is 10.6 Å². The van der Waals surface area contributed by atoms with Gasteiger partial charge in [0.1, 0.15) is 0 Å². The van der Waals surface area contributed by atoms with Crippen LogP contribution in [0.15, 0.2) is 76.8 Å². The first-order valence-corrected chi connectivity index (χ1v) is 8.97. The van der Waals surface area contributed by atoms with Crippen LogP contribution in [0.5, 0.6) is 0 Å². The highest BCUT2D eigenvalue weighted by atomic mass is 32.2. The Bertz CT molecular complexity index is 994. The minimum Gasteiger partial charge on any atom is -0.362 e. The van der Waals surface area contributed by atoms with Gasteiger partial charge < -0.3 is 4.98 Å². The molecule has 1 aromatic carbocycles. The summed E-state index contributed by atoms with van der Waals surface area (Å²) in [6.07, 6.45) is 3.67. The van der Waals surface area contributed by atoms with Gasteiger partial charge >= 0.3 is 0 Å². The highest BCUT2D eigenvalue weighted by Gasteiger charge is 2.34. The molecule has 2 aromatic heterocycles. The number of amides is 1. The molecule has 1 N–H and O–H groups in total. The molecule has 3 aromatic rings. The maximum atomic E-state index is 13.0. The van der Waals surface area contributed by atoms with E-state index in [4.69, 9.17) is 0 Å². The van der Waals surface area contributed by atoms with E-state index in [9.17, 15) is 4.79 Å². The summed E-state index contributed by atoms with van der Waals surface area (Å²) in [5.41, 5.74) is 2.55. The number of amidine groups is 1. The molecule has 128 valence electrons. The number of aliphatic imine (C=N–C) groups is 1. The lowest BCUT2D eigenvalue weighted by atomic mass is 10.3. The van der Waals surface area contributed by atoms with Crippen LogP contribution in [0.3, 0.4) is 0 Å².